The molecule has 1 atom stereocenters. The van der Waals surface area contributed by atoms with Crippen molar-refractivity contribution in [3.63, 3.8) is 0 Å². The summed E-state index contributed by atoms with van der Waals surface area (Å²) in [6, 6.07) is 6.67. The van der Waals surface area contributed by atoms with Gasteiger partial charge in [0.2, 0.25) is 11.9 Å². The molecule has 1 aromatic heterocycles. The van der Waals surface area contributed by atoms with Crippen LogP contribution in [-0.4, -0.2) is 39.2 Å². The highest BCUT2D eigenvalue weighted by Gasteiger charge is 2.54. The Hall–Kier alpha value is -2.67. The van der Waals surface area contributed by atoms with Crippen molar-refractivity contribution in [1.29, 1.82) is 0 Å². The van der Waals surface area contributed by atoms with E-state index < -0.39 is 6.04 Å². The maximum Gasteiger partial charge on any atom is 0.402 e. The second-order valence-electron chi connectivity index (χ2n) is 8.41. The summed E-state index contributed by atoms with van der Waals surface area (Å²) in [6.45, 7) is 4.35. The minimum absolute atomic E-state index is 0.209. The number of fused-ring (bicyclic) bond motifs is 3. The van der Waals surface area contributed by atoms with E-state index in [4.69, 9.17) is 16.6 Å². The van der Waals surface area contributed by atoms with Gasteiger partial charge in [-0.2, -0.15) is 0 Å². The van der Waals surface area contributed by atoms with Crippen LogP contribution >= 0.6 is 11.6 Å². The molecule has 30 heavy (non-hydrogen) atoms. The van der Waals surface area contributed by atoms with Crippen molar-refractivity contribution in [3.05, 3.63) is 46.2 Å². The van der Waals surface area contributed by atoms with Crippen LogP contribution in [0.1, 0.15) is 54.7 Å². The molecule has 1 saturated heterocycles. The second kappa shape index (κ2) is 6.94. The Balaban J connectivity index is 1.55. The first-order valence-corrected chi connectivity index (χ1v) is 10.8. The van der Waals surface area contributed by atoms with E-state index in [9.17, 15) is 9.59 Å². The normalized spacial score (nSPS) is 21.3. The third-order valence-corrected chi connectivity index (χ3v) is 6.95. The predicted molar refractivity (Wildman–Crippen MR) is 113 cm³/mol. The Morgan fingerprint density at radius 3 is 2.47 bits per heavy atom. The van der Waals surface area contributed by atoms with Crippen molar-refractivity contribution < 1.29 is 14.2 Å². The van der Waals surface area contributed by atoms with Gasteiger partial charge in [-0.1, -0.05) is 28.7 Å². The minimum Gasteiger partial charge on any atom is -0.270 e. The van der Waals surface area contributed by atoms with Gasteiger partial charge in [0.05, 0.1) is 12.6 Å². The lowest BCUT2D eigenvalue weighted by atomic mass is 10.1. The van der Waals surface area contributed by atoms with Gasteiger partial charge in [-0.3, -0.25) is 14.6 Å². The van der Waals surface area contributed by atoms with E-state index in [1.165, 1.54) is 22.6 Å². The molecule has 0 bridgehead atoms. The number of imidazole rings is 1. The van der Waals surface area contributed by atoms with E-state index in [2.05, 4.69) is 11.5 Å². The number of amides is 3. The van der Waals surface area contributed by atoms with Gasteiger partial charge in [-0.25, -0.2) is 13.9 Å². The molecule has 5 rings (SSSR count). The Bertz CT molecular complexity index is 1080. The first-order valence-electron chi connectivity index (χ1n) is 10.4. The van der Waals surface area contributed by atoms with Crippen molar-refractivity contribution in [1.82, 2.24) is 14.4 Å². The van der Waals surface area contributed by atoms with Gasteiger partial charge in [-0.15, -0.1) is 0 Å². The van der Waals surface area contributed by atoms with E-state index in [1.54, 1.807) is 19.2 Å². The van der Waals surface area contributed by atoms with Crippen LogP contribution in [0.15, 0.2) is 29.3 Å². The third-order valence-electron chi connectivity index (χ3n) is 6.70. The molecule has 3 amide bonds. The lowest BCUT2D eigenvalue weighted by Gasteiger charge is -2.33. The van der Waals surface area contributed by atoms with Crippen LogP contribution in [-0.2, 0) is 11.3 Å². The molecule has 1 unspecified atom stereocenters. The molecule has 0 spiro atoms. The van der Waals surface area contributed by atoms with Crippen molar-refractivity contribution in [2.24, 2.45) is 4.99 Å². The summed E-state index contributed by atoms with van der Waals surface area (Å²) in [5, 5.41) is 0.622. The van der Waals surface area contributed by atoms with E-state index in [1.807, 2.05) is 23.6 Å². The topological polar surface area (TPSA) is 61.8 Å². The van der Waals surface area contributed by atoms with E-state index in [0.717, 1.165) is 35.7 Å². The molecule has 3 aliphatic rings. The fourth-order valence-corrected chi connectivity index (χ4v) is 5.10. The first kappa shape index (κ1) is 19.3. The molecule has 1 aliphatic carbocycles. The Morgan fingerprint density at radius 1 is 1.13 bits per heavy atom. The van der Waals surface area contributed by atoms with Crippen LogP contribution in [0, 0.1) is 13.8 Å². The SMILES string of the molecule is Cc1c(C)[n+]2c(n1C1CCCC1)N=C1C2C(=O)N(Cc2ccc(Cl)cc2)C(=O)N1C. The second-order valence-corrected chi connectivity index (χ2v) is 8.85. The summed E-state index contributed by atoms with van der Waals surface area (Å²) in [5.41, 5.74) is 3.04. The molecule has 0 N–H and O–H groups in total. The summed E-state index contributed by atoms with van der Waals surface area (Å²) in [6.07, 6.45) is 4.69. The third kappa shape index (κ3) is 2.71. The van der Waals surface area contributed by atoms with Crippen LogP contribution in [0.2, 0.25) is 5.02 Å². The molecule has 8 heteroatoms. The maximum absolute atomic E-state index is 13.5. The van der Waals surface area contributed by atoms with E-state index in [0.29, 0.717) is 16.9 Å². The lowest BCUT2D eigenvalue weighted by molar-refractivity contribution is -0.683. The standard InChI is InChI=1S/C22H25ClN5O2/c1-13-14(2)28-18-19(24-21(28)27(13)17-6-4-5-7-17)25(3)22(30)26(20(18)29)12-15-8-10-16(23)11-9-15/h8-11,17-18H,4-7,12H2,1-3H3/q+1. The monoisotopic (exact) mass is 426 g/mol. The number of benzene rings is 1. The minimum atomic E-state index is -0.601. The van der Waals surface area contributed by atoms with Gasteiger partial charge >= 0.3 is 12.0 Å². The zero-order valence-electron chi connectivity index (χ0n) is 17.4. The Morgan fingerprint density at radius 2 is 1.80 bits per heavy atom. The summed E-state index contributed by atoms with van der Waals surface area (Å²) in [5.74, 6) is 1.07. The Labute approximate surface area is 180 Å². The number of hydrogen-bond acceptors (Lipinski definition) is 3. The number of aliphatic imine (C=N–C) groups is 1. The highest BCUT2D eigenvalue weighted by atomic mass is 35.5. The largest absolute Gasteiger partial charge is 0.402 e. The average Bonchev–Trinajstić information content (AvgIpc) is 3.43. The Kier molecular flexibility index (Phi) is 4.47. The van der Waals surface area contributed by atoms with Crippen LogP contribution in [0.3, 0.4) is 0 Å². The molecule has 0 radical (unpaired) electrons. The van der Waals surface area contributed by atoms with Gasteiger partial charge in [0, 0.05) is 12.1 Å². The van der Waals surface area contributed by atoms with Crippen LogP contribution in [0.25, 0.3) is 0 Å². The van der Waals surface area contributed by atoms with E-state index in [-0.39, 0.29) is 18.5 Å². The van der Waals surface area contributed by atoms with Gasteiger partial charge in [-0.05, 0) is 57.2 Å². The van der Waals surface area contributed by atoms with Crippen molar-refractivity contribution >= 4 is 35.3 Å². The molecule has 2 fully saturated rings. The van der Waals surface area contributed by atoms with Crippen LogP contribution in [0.5, 0.6) is 0 Å². The van der Waals surface area contributed by atoms with E-state index >= 15 is 0 Å². The number of carbonyl (C=O) groups excluding carboxylic acids is 2. The number of hydrogen-bond donors (Lipinski definition) is 0. The highest BCUT2D eigenvalue weighted by molar-refractivity contribution is 6.30. The van der Waals surface area contributed by atoms with Crippen molar-refractivity contribution in [3.8, 4) is 0 Å². The maximum atomic E-state index is 13.5. The van der Waals surface area contributed by atoms with Gasteiger partial charge in [0.15, 0.2) is 0 Å². The zero-order chi connectivity index (χ0) is 21.2. The zero-order valence-corrected chi connectivity index (χ0v) is 18.2. The number of imide groups is 1. The number of aromatic nitrogens is 2. The molecule has 2 aromatic rings. The molecule has 1 saturated carbocycles. The molecule has 2 aliphatic heterocycles. The van der Waals surface area contributed by atoms with Gasteiger partial charge in [0.1, 0.15) is 11.4 Å². The molecule has 1 aromatic carbocycles. The van der Waals surface area contributed by atoms with Crippen LogP contribution < -0.4 is 4.57 Å². The number of halogens is 1. The quantitative estimate of drug-likeness (QED) is 0.700. The number of urea groups is 1. The molecular weight excluding hydrogens is 402 g/mol. The number of nitrogens with zero attached hydrogens (tertiary/aromatic N) is 5. The van der Waals surface area contributed by atoms with Gasteiger partial charge in [0.25, 0.3) is 5.91 Å². The summed E-state index contributed by atoms with van der Waals surface area (Å²) in [7, 11) is 1.70. The first-order chi connectivity index (χ1) is 14.4. The molecule has 3 heterocycles. The molecule has 156 valence electrons. The number of likely N-dealkylation sites (N-methyl/N-ethyl adjacent to an activating group) is 1. The fourth-order valence-electron chi connectivity index (χ4n) is 4.98. The smallest absolute Gasteiger partial charge is 0.270 e. The highest BCUT2D eigenvalue weighted by Crippen LogP contribution is 2.38. The fraction of sp³-hybridized carbons (Fsp3) is 0.455. The van der Waals surface area contributed by atoms with Gasteiger partial charge < -0.3 is 0 Å². The lowest BCUT2D eigenvalue weighted by Crippen LogP contribution is -2.63. The van der Waals surface area contributed by atoms with Crippen molar-refractivity contribution in [2.75, 3.05) is 7.05 Å². The summed E-state index contributed by atoms with van der Waals surface area (Å²) >= 11 is 5.98. The average molecular weight is 427 g/mol. The van der Waals surface area contributed by atoms with Crippen LogP contribution in [0.4, 0.5) is 10.7 Å². The number of rotatable bonds is 3. The number of carbonyl (C=O) groups is 2. The number of amidine groups is 1. The molecule has 7 nitrogen and oxygen atoms in total. The summed E-state index contributed by atoms with van der Waals surface area (Å²) < 4.78 is 4.30. The summed E-state index contributed by atoms with van der Waals surface area (Å²) in [4.78, 5) is 34.2. The predicted octanol–water partition coefficient (Wildman–Crippen LogP) is 3.84. The van der Waals surface area contributed by atoms with Crippen molar-refractivity contribution in [2.45, 2.75) is 58.2 Å². The molecular formula is C22H25ClN5O2+.